The van der Waals surface area contributed by atoms with Gasteiger partial charge in [-0.2, -0.15) is 0 Å². The van der Waals surface area contributed by atoms with Crippen LogP contribution in [-0.2, 0) is 4.79 Å². The monoisotopic (exact) mass is 410 g/mol. The number of ether oxygens (including phenoxy) is 2. The molecule has 2 atom stereocenters. The molecule has 1 N–H and O–H groups in total. The normalized spacial score (nSPS) is 18.4. The fourth-order valence-electron chi connectivity index (χ4n) is 3.95. The zero-order chi connectivity index (χ0) is 21.7. The average molecular weight is 411 g/mol. The predicted molar refractivity (Wildman–Crippen MR) is 116 cm³/mol. The van der Waals surface area contributed by atoms with Gasteiger partial charge in [0.05, 0.1) is 20.1 Å². The fraction of sp³-hybridized carbons (Fsp3) is 0.417. The van der Waals surface area contributed by atoms with Gasteiger partial charge < -0.3 is 19.7 Å². The Kier molecular flexibility index (Phi) is 6.98. The number of carbonyl (C=O) groups is 2. The molecule has 0 saturated carbocycles. The molecule has 0 bridgehead atoms. The number of hydrogen-bond acceptors (Lipinski definition) is 4. The highest BCUT2D eigenvalue weighted by Gasteiger charge is 2.42. The molecule has 0 aromatic heterocycles. The highest BCUT2D eigenvalue weighted by atomic mass is 16.5. The van der Waals surface area contributed by atoms with Gasteiger partial charge in [-0.05, 0) is 24.1 Å². The van der Waals surface area contributed by atoms with Crippen LogP contribution < -0.4 is 14.8 Å². The van der Waals surface area contributed by atoms with E-state index in [-0.39, 0.29) is 23.7 Å². The summed E-state index contributed by atoms with van der Waals surface area (Å²) in [6, 6.07) is 14.8. The minimum Gasteiger partial charge on any atom is -0.493 e. The molecular formula is C24H30N2O4. The van der Waals surface area contributed by atoms with Gasteiger partial charge in [0.1, 0.15) is 0 Å². The SMILES string of the molecule is COc1cccc(C2CN(C(=O)c3ccccc3)CC2C(=O)NCC(C)C)c1OC. The smallest absolute Gasteiger partial charge is 0.253 e. The summed E-state index contributed by atoms with van der Waals surface area (Å²) in [4.78, 5) is 27.9. The summed E-state index contributed by atoms with van der Waals surface area (Å²) < 4.78 is 11.1. The Morgan fingerprint density at radius 2 is 1.77 bits per heavy atom. The zero-order valence-corrected chi connectivity index (χ0v) is 18.1. The molecule has 6 nitrogen and oxygen atoms in total. The summed E-state index contributed by atoms with van der Waals surface area (Å²) in [5.41, 5.74) is 1.50. The number of carbonyl (C=O) groups excluding carboxylic acids is 2. The van der Waals surface area contributed by atoms with Crippen molar-refractivity contribution in [3.05, 3.63) is 59.7 Å². The van der Waals surface area contributed by atoms with E-state index in [1.807, 2.05) is 36.4 Å². The Morgan fingerprint density at radius 1 is 1.03 bits per heavy atom. The molecule has 1 saturated heterocycles. The first-order chi connectivity index (χ1) is 14.5. The summed E-state index contributed by atoms with van der Waals surface area (Å²) >= 11 is 0. The molecule has 0 aliphatic carbocycles. The van der Waals surface area contributed by atoms with Crippen molar-refractivity contribution >= 4 is 11.8 Å². The van der Waals surface area contributed by atoms with E-state index in [2.05, 4.69) is 19.2 Å². The van der Waals surface area contributed by atoms with E-state index in [0.29, 0.717) is 42.6 Å². The number of hydrogen-bond donors (Lipinski definition) is 1. The van der Waals surface area contributed by atoms with Crippen molar-refractivity contribution in [1.82, 2.24) is 10.2 Å². The lowest BCUT2D eigenvalue weighted by Gasteiger charge is -2.22. The number of rotatable bonds is 7. The lowest BCUT2D eigenvalue weighted by atomic mass is 9.87. The lowest BCUT2D eigenvalue weighted by molar-refractivity contribution is -0.125. The van der Waals surface area contributed by atoms with Crippen LogP contribution in [0.1, 0.15) is 35.7 Å². The van der Waals surface area contributed by atoms with Crippen LogP contribution in [-0.4, -0.2) is 50.6 Å². The number of benzene rings is 2. The third-order valence-corrected chi connectivity index (χ3v) is 5.48. The fourth-order valence-corrected chi connectivity index (χ4v) is 3.95. The summed E-state index contributed by atoms with van der Waals surface area (Å²) in [5, 5.41) is 3.04. The van der Waals surface area contributed by atoms with Gasteiger partial charge in [0.2, 0.25) is 5.91 Å². The Labute approximate surface area is 178 Å². The molecule has 2 aromatic carbocycles. The second-order valence-electron chi connectivity index (χ2n) is 8.01. The molecule has 2 aromatic rings. The van der Waals surface area contributed by atoms with Crippen molar-refractivity contribution in [3.8, 4) is 11.5 Å². The second-order valence-corrected chi connectivity index (χ2v) is 8.01. The largest absolute Gasteiger partial charge is 0.493 e. The van der Waals surface area contributed by atoms with Crippen LogP contribution in [0.2, 0.25) is 0 Å². The van der Waals surface area contributed by atoms with Crippen molar-refractivity contribution in [2.24, 2.45) is 11.8 Å². The minimum atomic E-state index is -0.364. The van der Waals surface area contributed by atoms with Crippen LogP contribution in [0.3, 0.4) is 0 Å². The van der Waals surface area contributed by atoms with E-state index in [9.17, 15) is 9.59 Å². The van der Waals surface area contributed by atoms with E-state index in [0.717, 1.165) is 5.56 Å². The number of nitrogens with zero attached hydrogens (tertiary/aromatic N) is 1. The molecule has 0 radical (unpaired) electrons. The van der Waals surface area contributed by atoms with E-state index >= 15 is 0 Å². The quantitative estimate of drug-likeness (QED) is 0.760. The predicted octanol–water partition coefficient (Wildman–Crippen LogP) is 3.33. The van der Waals surface area contributed by atoms with E-state index in [1.165, 1.54) is 0 Å². The molecule has 1 aliphatic rings. The van der Waals surface area contributed by atoms with Crippen LogP contribution >= 0.6 is 0 Å². The van der Waals surface area contributed by atoms with Crippen molar-refractivity contribution < 1.29 is 19.1 Å². The molecule has 0 spiro atoms. The number of nitrogens with one attached hydrogen (secondary N) is 1. The summed E-state index contributed by atoms with van der Waals surface area (Å²) in [7, 11) is 3.19. The number of amides is 2. The maximum atomic E-state index is 13.1. The maximum Gasteiger partial charge on any atom is 0.253 e. The average Bonchev–Trinajstić information content (AvgIpc) is 3.22. The van der Waals surface area contributed by atoms with Gasteiger partial charge in [0.25, 0.3) is 5.91 Å². The Hall–Kier alpha value is -3.02. The molecule has 1 aliphatic heterocycles. The molecule has 1 heterocycles. The molecule has 3 rings (SSSR count). The Bertz CT molecular complexity index is 882. The van der Waals surface area contributed by atoms with E-state index < -0.39 is 0 Å². The van der Waals surface area contributed by atoms with Crippen LogP contribution in [0.4, 0.5) is 0 Å². The highest BCUT2D eigenvalue weighted by Crippen LogP contribution is 2.42. The van der Waals surface area contributed by atoms with Crippen LogP contribution in [0.25, 0.3) is 0 Å². The first kappa shape index (κ1) is 21.7. The van der Waals surface area contributed by atoms with Gasteiger partial charge in [-0.1, -0.05) is 44.2 Å². The summed E-state index contributed by atoms with van der Waals surface area (Å²) in [6.45, 7) is 5.52. The molecule has 2 unspecified atom stereocenters. The molecular weight excluding hydrogens is 380 g/mol. The Balaban J connectivity index is 1.94. The Morgan fingerprint density at radius 3 is 2.40 bits per heavy atom. The van der Waals surface area contributed by atoms with Gasteiger partial charge in [0, 0.05) is 36.7 Å². The van der Waals surface area contributed by atoms with Crippen molar-refractivity contribution in [1.29, 1.82) is 0 Å². The number of likely N-dealkylation sites (tertiary alicyclic amines) is 1. The number of para-hydroxylation sites is 1. The third-order valence-electron chi connectivity index (χ3n) is 5.48. The first-order valence-electron chi connectivity index (χ1n) is 10.3. The molecule has 6 heteroatoms. The van der Waals surface area contributed by atoms with Crippen LogP contribution in [0, 0.1) is 11.8 Å². The van der Waals surface area contributed by atoms with Gasteiger partial charge in [0.15, 0.2) is 11.5 Å². The van der Waals surface area contributed by atoms with E-state index in [1.54, 1.807) is 31.3 Å². The number of methoxy groups -OCH3 is 2. The van der Waals surface area contributed by atoms with E-state index in [4.69, 9.17) is 9.47 Å². The summed E-state index contributed by atoms with van der Waals surface area (Å²) in [6.07, 6.45) is 0. The highest BCUT2D eigenvalue weighted by molar-refractivity contribution is 5.95. The van der Waals surface area contributed by atoms with Crippen molar-refractivity contribution in [2.45, 2.75) is 19.8 Å². The third kappa shape index (κ3) is 4.58. The minimum absolute atomic E-state index is 0.0399. The van der Waals surface area contributed by atoms with Crippen molar-refractivity contribution in [3.63, 3.8) is 0 Å². The molecule has 1 fully saturated rings. The van der Waals surface area contributed by atoms with Crippen LogP contribution in [0.5, 0.6) is 11.5 Å². The molecule has 160 valence electrons. The maximum absolute atomic E-state index is 13.1. The van der Waals surface area contributed by atoms with Crippen molar-refractivity contribution in [2.75, 3.05) is 33.9 Å². The van der Waals surface area contributed by atoms with Gasteiger partial charge in [-0.15, -0.1) is 0 Å². The standard InChI is InChI=1S/C24H30N2O4/c1-16(2)13-25-23(27)20-15-26(24(28)17-9-6-5-7-10-17)14-19(20)18-11-8-12-21(29-3)22(18)30-4/h5-12,16,19-20H,13-15H2,1-4H3,(H,25,27). The first-order valence-corrected chi connectivity index (χ1v) is 10.3. The summed E-state index contributed by atoms with van der Waals surface area (Å²) in [5.74, 6) is 0.919. The van der Waals surface area contributed by atoms with Gasteiger partial charge >= 0.3 is 0 Å². The molecule has 30 heavy (non-hydrogen) atoms. The molecule has 2 amide bonds. The topological polar surface area (TPSA) is 67.9 Å². The lowest BCUT2D eigenvalue weighted by Crippen LogP contribution is -2.37. The van der Waals surface area contributed by atoms with Gasteiger partial charge in [-0.3, -0.25) is 9.59 Å². The van der Waals surface area contributed by atoms with Crippen LogP contribution in [0.15, 0.2) is 48.5 Å². The second kappa shape index (κ2) is 9.65. The van der Waals surface area contributed by atoms with Gasteiger partial charge in [-0.25, -0.2) is 0 Å². The zero-order valence-electron chi connectivity index (χ0n) is 18.1.